The highest BCUT2D eigenvalue weighted by Crippen LogP contribution is 2.52. The smallest absolute Gasteiger partial charge is 0.449 e. The Morgan fingerprint density at radius 3 is 2.11 bits per heavy atom. The molecule has 5 heteroatoms. The highest BCUT2D eigenvalue weighted by atomic mass is 19.4. The summed E-state index contributed by atoms with van der Waals surface area (Å²) in [6.45, 7) is -4.72. The average Bonchev–Trinajstić information content (AvgIpc) is 2.39. The van der Waals surface area contributed by atoms with E-state index in [4.69, 9.17) is 5.26 Å². The molecular formula is C4H4BF3N-. The molecule has 9 heavy (non-hydrogen) atoms. The summed E-state index contributed by atoms with van der Waals surface area (Å²) < 4.78 is 34.8. The lowest BCUT2D eigenvalue weighted by atomic mass is 9.82. The van der Waals surface area contributed by atoms with E-state index in [9.17, 15) is 12.9 Å². The third-order valence-electron chi connectivity index (χ3n) is 1.49. The van der Waals surface area contributed by atoms with Crippen LogP contribution in [0, 0.1) is 17.2 Å². The van der Waals surface area contributed by atoms with Crippen molar-refractivity contribution in [3.05, 3.63) is 0 Å². The SMILES string of the molecule is N#C[C@@H]1C[C@H]1[B-](F)(F)F. The van der Waals surface area contributed by atoms with Crippen LogP contribution >= 0.6 is 0 Å². The van der Waals surface area contributed by atoms with Gasteiger partial charge in [-0.05, 0) is 0 Å². The fraction of sp³-hybridized carbons (Fsp3) is 0.750. The van der Waals surface area contributed by atoms with Crippen LogP contribution in [0.25, 0.3) is 0 Å². The van der Waals surface area contributed by atoms with Crippen molar-refractivity contribution in [2.24, 2.45) is 5.92 Å². The Morgan fingerprint density at radius 2 is 2.00 bits per heavy atom. The summed E-state index contributed by atoms with van der Waals surface area (Å²) in [5.74, 6) is -2.00. The summed E-state index contributed by atoms with van der Waals surface area (Å²) in [6, 6.07) is 1.59. The van der Waals surface area contributed by atoms with Crippen LogP contribution in [0.4, 0.5) is 12.9 Å². The molecule has 1 fully saturated rings. The molecule has 0 bridgehead atoms. The zero-order chi connectivity index (χ0) is 7.07. The van der Waals surface area contributed by atoms with Crippen molar-refractivity contribution in [1.82, 2.24) is 0 Å². The number of hydrogen-bond donors (Lipinski definition) is 0. The van der Waals surface area contributed by atoms with Crippen molar-refractivity contribution in [2.75, 3.05) is 0 Å². The standard InChI is InChI=1S/C4H4BF3N/c6-5(7,8)4-1-3(4)2-9/h3-4H,1H2/q-1/t3-,4+/m0/s1. The second-order valence-electron chi connectivity index (χ2n) is 2.26. The van der Waals surface area contributed by atoms with Crippen molar-refractivity contribution in [3.63, 3.8) is 0 Å². The lowest BCUT2D eigenvalue weighted by Gasteiger charge is -2.10. The molecule has 1 nitrogen and oxygen atoms in total. The Morgan fingerprint density at radius 1 is 1.44 bits per heavy atom. The molecule has 0 aromatic rings. The maximum atomic E-state index is 11.6. The maximum absolute atomic E-state index is 11.6. The predicted octanol–water partition coefficient (Wildman–Crippen LogP) is 1.75. The van der Waals surface area contributed by atoms with Gasteiger partial charge in [-0.25, -0.2) is 0 Å². The zero-order valence-corrected chi connectivity index (χ0v) is 4.52. The van der Waals surface area contributed by atoms with Crippen molar-refractivity contribution in [1.29, 1.82) is 5.26 Å². The highest BCUT2D eigenvalue weighted by molar-refractivity contribution is 6.61. The Labute approximate surface area is 50.5 Å². The molecule has 1 rings (SSSR count). The summed E-state index contributed by atoms with van der Waals surface area (Å²) in [7, 11) is 0. The van der Waals surface area contributed by atoms with Gasteiger partial charge in [-0.3, -0.25) is 0 Å². The topological polar surface area (TPSA) is 23.8 Å². The van der Waals surface area contributed by atoms with Gasteiger partial charge >= 0.3 is 6.98 Å². The van der Waals surface area contributed by atoms with Crippen LogP contribution in [0.2, 0.25) is 5.82 Å². The van der Waals surface area contributed by atoms with E-state index in [2.05, 4.69) is 0 Å². The molecule has 0 heterocycles. The minimum absolute atomic E-state index is 0.0278. The zero-order valence-electron chi connectivity index (χ0n) is 4.52. The Balaban J connectivity index is 2.45. The van der Waals surface area contributed by atoms with E-state index < -0.39 is 18.7 Å². The first-order valence-electron chi connectivity index (χ1n) is 2.65. The number of hydrogen-bond acceptors (Lipinski definition) is 1. The molecule has 0 N–H and O–H groups in total. The van der Waals surface area contributed by atoms with E-state index in [-0.39, 0.29) is 6.42 Å². The molecule has 1 aliphatic carbocycles. The molecule has 0 amide bonds. The van der Waals surface area contributed by atoms with Crippen molar-refractivity contribution < 1.29 is 12.9 Å². The Kier molecular flexibility index (Phi) is 1.19. The molecule has 0 aromatic carbocycles. The molecule has 0 unspecified atom stereocenters. The monoisotopic (exact) mass is 134 g/mol. The molecule has 0 aromatic heterocycles. The van der Waals surface area contributed by atoms with Crippen molar-refractivity contribution in [2.45, 2.75) is 12.2 Å². The van der Waals surface area contributed by atoms with Crippen LogP contribution in [0.5, 0.6) is 0 Å². The minimum Gasteiger partial charge on any atom is -0.449 e. The van der Waals surface area contributed by atoms with E-state index >= 15 is 0 Å². The van der Waals surface area contributed by atoms with Gasteiger partial charge in [0.2, 0.25) is 0 Å². The highest BCUT2D eigenvalue weighted by Gasteiger charge is 2.50. The molecule has 0 radical (unpaired) electrons. The van der Waals surface area contributed by atoms with Crippen LogP contribution in [0.1, 0.15) is 6.42 Å². The van der Waals surface area contributed by atoms with Gasteiger partial charge in [0.25, 0.3) is 0 Å². The molecule has 1 aliphatic rings. The van der Waals surface area contributed by atoms with Crippen LogP contribution < -0.4 is 0 Å². The van der Waals surface area contributed by atoms with Crippen molar-refractivity contribution >= 4 is 6.98 Å². The Hall–Kier alpha value is -0.655. The number of nitriles is 1. The molecular weight excluding hydrogens is 130 g/mol. The maximum Gasteiger partial charge on any atom is 0.482 e. The molecule has 2 atom stereocenters. The van der Waals surface area contributed by atoms with Crippen LogP contribution in [-0.4, -0.2) is 6.98 Å². The number of halogens is 3. The summed E-state index contributed by atoms with van der Waals surface area (Å²) in [6.07, 6.45) is 0.0278. The first-order chi connectivity index (χ1) is 4.05. The second-order valence-corrected chi connectivity index (χ2v) is 2.26. The van der Waals surface area contributed by atoms with Crippen molar-refractivity contribution in [3.8, 4) is 6.07 Å². The van der Waals surface area contributed by atoms with E-state index in [1.165, 1.54) is 0 Å². The lowest BCUT2D eigenvalue weighted by molar-refractivity contribution is 0.463. The van der Waals surface area contributed by atoms with Gasteiger partial charge in [0.1, 0.15) is 0 Å². The second kappa shape index (κ2) is 1.66. The lowest BCUT2D eigenvalue weighted by Crippen LogP contribution is -2.15. The third-order valence-corrected chi connectivity index (χ3v) is 1.49. The number of nitrogens with zero attached hydrogens (tertiary/aromatic N) is 1. The molecule has 0 spiro atoms. The molecule has 50 valence electrons. The van der Waals surface area contributed by atoms with E-state index in [0.717, 1.165) is 0 Å². The third kappa shape index (κ3) is 1.18. The van der Waals surface area contributed by atoms with Gasteiger partial charge in [0.15, 0.2) is 0 Å². The normalized spacial score (nSPS) is 33.6. The fourth-order valence-corrected chi connectivity index (χ4v) is 0.781. The fourth-order valence-electron chi connectivity index (χ4n) is 0.781. The van der Waals surface area contributed by atoms with Gasteiger partial charge in [-0.2, -0.15) is 5.26 Å². The first-order valence-corrected chi connectivity index (χ1v) is 2.65. The van der Waals surface area contributed by atoms with Crippen LogP contribution in [-0.2, 0) is 0 Å². The van der Waals surface area contributed by atoms with Gasteiger partial charge in [-0.1, -0.05) is 12.2 Å². The quantitative estimate of drug-likeness (QED) is 0.501. The Bertz CT molecular complexity index is 158. The van der Waals surface area contributed by atoms with E-state index in [1.54, 1.807) is 6.07 Å². The van der Waals surface area contributed by atoms with Crippen LogP contribution in [0.15, 0.2) is 0 Å². The predicted molar refractivity (Wildman–Crippen MR) is 26.5 cm³/mol. The van der Waals surface area contributed by atoms with Gasteiger partial charge in [0, 0.05) is 5.92 Å². The molecule has 1 saturated carbocycles. The average molecular weight is 134 g/mol. The summed E-state index contributed by atoms with van der Waals surface area (Å²) in [5.41, 5.74) is 0. The van der Waals surface area contributed by atoms with Gasteiger partial charge in [0.05, 0.1) is 6.07 Å². The summed E-state index contributed by atoms with van der Waals surface area (Å²) in [5, 5.41) is 8.00. The largest absolute Gasteiger partial charge is 0.482 e. The summed E-state index contributed by atoms with van der Waals surface area (Å²) in [4.78, 5) is 0. The molecule has 0 aliphatic heterocycles. The van der Waals surface area contributed by atoms with E-state index in [1.807, 2.05) is 0 Å². The van der Waals surface area contributed by atoms with Gasteiger partial charge < -0.3 is 12.9 Å². The van der Waals surface area contributed by atoms with E-state index in [0.29, 0.717) is 0 Å². The van der Waals surface area contributed by atoms with Gasteiger partial charge in [-0.15, -0.1) is 0 Å². The first kappa shape index (κ1) is 6.46. The number of rotatable bonds is 1. The molecule has 0 saturated heterocycles. The summed E-state index contributed by atoms with van der Waals surface area (Å²) >= 11 is 0. The van der Waals surface area contributed by atoms with Crippen LogP contribution in [0.3, 0.4) is 0 Å². The minimum atomic E-state index is -4.72.